The summed E-state index contributed by atoms with van der Waals surface area (Å²) in [6, 6.07) is 15.7. The van der Waals surface area contributed by atoms with Gasteiger partial charge in [-0.2, -0.15) is 9.50 Å². The number of aromatic nitrogens is 4. The number of hydrogen-bond acceptors (Lipinski definition) is 7. The predicted molar refractivity (Wildman–Crippen MR) is 139 cm³/mol. The number of carbonyl (C=O) groups is 1. The molecule has 0 saturated heterocycles. The molecule has 0 spiro atoms. The lowest BCUT2D eigenvalue weighted by molar-refractivity contribution is -0.118. The fourth-order valence-electron chi connectivity index (χ4n) is 3.24. The number of pyridine rings is 1. The molecule has 0 aliphatic rings. The summed E-state index contributed by atoms with van der Waals surface area (Å²) in [5.74, 6) is 0.587. The van der Waals surface area contributed by atoms with E-state index in [-0.39, 0.29) is 18.1 Å². The topological polar surface area (TPSA) is 98.5 Å². The van der Waals surface area contributed by atoms with Crippen molar-refractivity contribution < 1.29 is 9.53 Å². The van der Waals surface area contributed by atoms with Gasteiger partial charge in [0, 0.05) is 38.7 Å². The summed E-state index contributed by atoms with van der Waals surface area (Å²) < 4.78 is 8.28. The number of ether oxygens (including phenoxy) is 1. The number of rotatable bonds is 6. The van der Waals surface area contributed by atoms with Crippen molar-refractivity contribution in [2.24, 2.45) is 0 Å². The maximum Gasteiger partial charge on any atom is 0.291 e. The monoisotopic (exact) mass is 567 g/mol. The number of thiazole rings is 1. The number of halogens is 2. The van der Waals surface area contributed by atoms with E-state index in [4.69, 9.17) is 16.3 Å². The van der Waals surface area contributed by atoms with Crippen molar-refractivity contribution in [1.29, 1.82) is 0 Å². The van der Waals surface area contributed by atoms with Crippen molar-refractivity contribution >= 4 is 61.5 Å². The molecular formula is C24H15BrClN5O3S. The molecule has 1 N–H and O–H groups in total. The highest BCUT2D eigenvalue weighted by molar-refractivity contribution is 9.10. The first-order valence-electron chi connectivity index (χ1n) is 10.3. The second-order valence-electron chi connectivity index (χ2n) is 7.31. The van der Waals surface area contributed by atoms with E-state index in [1.807, 2.05) is 6.07 Å². The average molecular weight is 569 g/mol. The summed E-state index contributed by atoms with van der Waals surface area (Å²) in [6.07, 6.45) is 4.99. The van der Waals surface area contributed by atoms with E-state index in [9.17, 15) is 9.59 Å². The normalized spacial score (nSPS) is 11.7. The summed E-state index contributed by atoms with van der Waals surface area (Å²) >= 11 is 10.5. The Balaban J connectivity index is 1.39. The Labute approximate surface area is 216 Å². The molecule has 0 aliphatic heterocycles. The zero-order chi connectivity index (χ0) is 24.4. The molecule has 0 unspecified atom stereocenters. The third-order valence-corrected chi connectivity index (χ3v) is 6.57. The molecule has 3 heterocycles. The van der Waals surface area contributed by atoms with Gasteiger partial charge in [-0.15, -0.1) is 5.10 Å². The maximum absolute atomic E-state index is 13.0. The lowest BCUT2D eigenvalue weighted by Crippen LogP contribution is -2.24. The van der Waals surface area contributed by atoms with Gasteiger partial charge in [0.2, 0.25) is 4.96 Å². The van der Waals surface area contributed by atoms with Crippen LogP contribution in [0, 0.1) is 0 Å². The van der Waals surface area contributed by atoms with Gasteiger partial charge in [-0.25, -0.2) is 0 Å². The number of benzene rings is 2. The van der Waals surface area contributed by atoms with Crippen LogP contribution in [0.25, 0.3) is 22.4 Å². The van der Waals surface area contributed by atoms with Crippen LogP contribution in [0.1, 0.15) is 5.56 Å². The van der Waals surface area contributed by atoms with Crippen molar-refractivity contribution in [3.05, 3.63) is 96.9 Å². The minimum absolute atomic E-state index is 0.208. The Morgan fingerprint density at radius 2 is 1.91 bits per heavy atom. The predicted octanol–water partition coefficient (Wildman–Crippen LogP) is 4.19. The van der Waals surface area contributed by atoms with Gasteiger partial charge in [-0.05, 0) is 60.7 Å². The average Bonchev–Trinajstić information content (AvgIpc) is 3.40. The summed E-state index contributed by atoms with van der Waals surface area (Å²) in [6.45, 7) is -0.208. The minimum atomic E-state index is -0.326. The molecule has 5 aromatic rings. The molecule has 0 aliphatic carbocycles. The van der Waals surface area contributed by atoms with Crippen molar-refractivity contribution in [2.75, 3.05) is 11.9 Å². The number of nitrogens with zero attached hydrogens (tertiary/aromatic N) is 4. The quantitative estimate of drug-likeness (QED) is 0.330. The van der Waals surface area contributed by atoms with Gasteiger partial charge in [0.1, 0.15) is 5.75 Å². The first-order valence-corrected chi connectivity index (χ1v) is 12.2. The Bertz CT molecular complexity index is 1640. The highest BCUT2D eigenvalue weighted by Gasteiger charge is 2.13. The van der Waals surface area contributed by atoms with Crippen LogP contribution in [0.4, 0.5) is 5.69 Å². The molecule has 35 heavy (non-hydrogen) atoms. The summed E-state index contributed by atoms with van der Waals surface area (Å²) in [4.78, 5) is 34.2. The number of fused-ring (bicyclic) bond motifs is 1. The standard InChI is InChI=1S/C24H15BrClN5O3S/c25-16-1-6-19(34-13-21(32)28-18-4-2-17(26)3-5-18)15(11-16)12-20-23(33)31-24(35-20)29-22(30-31)14-7-9-27-10-8-14/h1-12H,13H2,(H,28,32)/b20-12-. The third kappa shape index (κ3) is 5.24. The van der Waals surface area contributed by atoms with Crippen LogP contribution in [0.5, 0.6) is 5.75 Å². The molecule has 2 aromatic carbocycles. The van der Waals surface area contributed by atoms with Gasteiger partial charge < -0.3 is 10.1 Å². The molecular weight excluding hydrogens is 554 g/mol. The number of anilines is 1. The maximum atomic E-state index is 13.0. The van der Waals surface area contributed by atoms with Crippen LogP contribution in [0.15, 0.2) is 76.3 Å². The fraction of sp³-hybridized carbons (Fsp3) is 0.0417. The van der Waals surface area contributed by atoms with E-state index in [1.165, 1.54) is 15.9 Å². The highest BCUT2D eigenvalue weighted by atomic mass is 79.9. The minimum Gasteiger partial charge on any atom is -0.483 e. The number of carbonyl (C=O) groups excluding carboxylic acids is 1. The van der Waals surface area contributed by atoms with E-state index in [1.54, 1.807) is 67.0 Å². The second-order valence-corrected chi connectivity index (χ2v) is 9.67. The van der Waals surface area contributed by atoms with Gasteiger partial charge in [0.25, 0.3) is 11.5 Å². The van der Waals surface area contributed by atoms with Gasteiger partial charge in [0.15, 0.2) is 12.4 Å². The molecule has 0 bridgehead atoms. The highest BCUT2D eigenvalue weighted by Crippen LogP contribution is 2.24. The Kier molecular flexibility index (Phi) is 6.58. The number of nitrogens with one attached hydrogen (secondary N) is 1. The summed E-state index contributed by atoms with van der Waals surface area (Å²) in [5, 5.41) is 7.67. The van der Waals surface area contributed by atoms with E-state index in [0.717, 1.165) is 10.0 Å². The zero-order valence-corrected chi connectivity index (χ0v) is 21.0. The molecule has 8 nitrogen and oxygen atoms in total. The van der Waals surface area contributed by atoms with E-state index < -0.39 is 0 Å². The first kappa shape index (κ1) is 23.2. The molecule has 1 amide bonds. The van der Waals surface area contributed by atoms with Gasteiger partial charge in [-0.3, -0.25) is 14.6 Å². The van der Waals surface area contributed by atoms with E-state index in [2.05, 4.69) is 36.3 Å². The van der Waals surface area contributed by atoms with E-state index >= 15 is 0 Å². The molecule has 0 fully saturated rings. The molecule has 5 rings (SSSR count). The van der Waals surface area contributed by atoms with Crippen LogP contribution in [0.3, 0.4) is 0 Å². The third-order valence-electron chi connectivity index (χ3n) is 4.87. The Hall–Kier alpha value is -3.60. The Morgan fingerprint density at radius 1 is 1.14 bits per heavy atom. The SMILES string of the molecule is O=C(COc1ccc(Br)cc1/C=c1\sc2nc(-c3ccncc3)nn2c1=O)Nc1ccc(Cl)cc1. The fourth-order valence-corrected chi connectivity index (χ4v) is 4.64. The molecule has 174 valence electrons. The van der Waals surface area contributed by atoms with Gasteiger partial charge in [0.05, 0.1) is 4.53 Å². The zero-order valence-electron chi connectivity index (χ0n) is 17.8. The summed E-state index contributed by atoms with van der Waals surface area (Å²) in [5.41, 5.74) is 1.74. The first-order chi connectivity index (χ1) is 17.0. The van der Waals surface area contributed by atoms with Crippen LogP contribution in [0.2, 0.25) is 5.02 Å². The molecule has 3 aromatic heterocycles. The molecule has 0 radical (unpaired) electrons. The van der Waals surface area contributed by atoms with Crippen LogP contribution < -0.4 is 20.1 Å². The number of amides is 1. The van der Waals surface area contributed by atoms with Crippen molar-refractivity contribution in [3.8, 4) is 17.1 Å². The molecule has 11 heteroatoms. The lowest BCUT2D eigenvalue weighted by atomic mass is 10.2. The smallest absolute Gasteiger partial charge is 0.291 e. The number of hydrogen-bond donors (Lipinski definition) is 1. The van der Waals surface area contributed by atoms with Crippen LogP contribution >= 0.6 is 38.9 Å². The van der Waals surface area contributed by atoms with Crippen molar-refractivity contribution in [3.63, 3.8) is 0 Å². The second kappa shape index (κ2) is 9.95. The van der Waals surface area contributed by atoms with Crippen LogP contribution in [-0.4, -0.2) is 32.1 Å². The Morgan fingerprint density at radius 3 is 2.66 bits per heavy atom. The van der Waals surface area contributed by atoms with E-state index in [0.29, 0.717) is 37.3 Å². The van der Waals surface area contributed by atoms with Crippen LogP contribution in [-0.2, 0) is 4.79 Å². The lowest BCUT2D eigenvalue weighted by Gasteiger charge is -2.10. The largest absolute Gasteiger partial charge is 0.483 e. The van der Waals surface area contributed by atoms with Gasteiger partial charge >= 0.3 is 0 Å². The molecule has 0 saturated carbocycles. The molecule has 0 atom stereocenters. The van der Waals surface area contributed by atoms with Crippen molar-refractivity contribution in [2.45, 2.75) is 0 Å². The van der Waals surface area contributed by atoms with Gasteiger partial charge in [-0.1, -0.05) is 38.9 Å². The summed E-state index contributed by atoms with van der Waals surface area (Å²) in [7, 11) is 0. The van der Waals surface area contributed by atoms with Crippen molar-refractivity contribution in [1.82, 2.24) is 19.6 Å².